The molecule has 3 aromatic rings. The minimum Gasteiger partial charge on any atom is -0.451 e. The Morgan fingerprint density at radius 3 is 2.60 bits per heavy atom. The molecule has 0 bridgehead atoms. The predicted octanol–water partition coefficient (Wildman–Crippen LogP) is 3.86. The maximum atomic E-state index is 12.7. The summed E-state index contributed by atoms with van der Waals surface area (Å²) in [6.07, 6.45) is 0.356. The number of fused-ring (bicyclic) bond motifs is 1. The standard InChI is InChI=1S/C23H25N3O3.ClH/c1-15-16(2)26(12-11-24-15)22(27)13-17-7-9-19(10-8-17)25-23(28)21-14-18-5-3-4-6-20(18)29-21;/h3-10,14-16,24H,11-13H2,1-2H3,(H,25,28);1H. The highest BCUT2D eigenvalue weighted by molar-refractivity contribution is 6.04. The van der Waals surface area contributed by atoms with Crippen molar-refractivity contribution in [1.82, 2.24) is 10.2 Å². The van der Waals surface area contributed by atoms with Gasteiger partial charge in [-0.2, -0.15) is 0 Å². The zero-order valence-electron chi connectivity index (χ0n) is 17.1. The van der Waals surface area contributed by atoms with Gasteiger partial charge in [-0.05, 0) is 43.7 Å². The van der Waals surface area contributed by atoms with Crippen LogP contribution in [-0.2, 0) is 11.2 Å². The lowest BCUT2D eigenvalue weighted by Crippen LogP contribution is -2.57. The predicted molar refractivity (Wildman–Crippen MR) is 120 cm³/mol. The Morgan fingerprint density at radius 1 is 1.13 bits per heavy atom. The van der Waals surface area contributed by atoms with Crippen LogP contribution in [0.3, 0.4) is 0 Å². The zero-order chi connectivity index (χ0) is 20.4. The molecule has 2 aromatic carbocycles. The van der Waals surface area contributed by atoms with Crippen LogP contribution < -0.4 is 10.6 Å². The number of para-hydroxylation sites is 1. The molecule has 0 radical (unpaired) electrons. The Hall–Kier alpha value is -2.83. The summed E-state index contributed by atoms with van der Waals surface area (Å²) in [4.78, 5) is 27.1. The van der Waals surface area contributed by atoms with E-state index in [-0.39, 0.29) is 36.0 Å². The number of nitrogens with one attached hydrogen (secondary N) is 2. The molecule has 1 aromatic heterocycles. The van der Waals surface area contributed by atoms with E-state index in [1.54, 1.807) is 6.07 Å². The number of benzene rings is 2. The van der Waals surface area contributed by atoms with Gasteiger partial charge in [0.2, 0.25) is 5.91 Å². The summed E-state index contributed by atoms with van der Waals surface area (Å²) in [5.74, 6) is 0.103. The Kier molecular flexibility index (Phi) is 6.80. The van der Waals surface area contributed by atoms with E-state index in [0.717, 1.165) is 24.0 Å². The molecule has 1 aliphatic heterocycles. The molecule has 1 saturated heterocycles. The van der Waals surface area contributed by atoms with Gasteiger partial charge in [0.15, 0.2) is 5.76 Å². The number of carbonyl (C=O) groups is 2. The van der Waals surface area contributed by atoms with Crippen LogP contribution in [0.15, 0.2) is 59.0 Å². The van der Waals surface area contributed by atoms with Crippen molar-refractivity contribution in [2.24, 2.45) is 0 Å². The summed E-state index contributed by atoms with van der Waals surface area (Å²) in [6, 6.07) is 17.1. The molecule has 2 amide bonds. The maximum absolute atomic E-state index is 12.7. The summed E-state index contributed by atoms with van der Waals surface area (Å²) in [5, 5.41) is 7.12. The summed E-state index contributed by atoms with van der Waals surface area (Å²) < 4.78 is 5.60. The summed E-state index contributed by atoms with van der Waals surface area (Å²) in [5.41, 5.74) is 2.27. The third-order valence-corrected chi connectivity index (χ3v) is 5.57. The highest BCUT2D eigenvalue weighted by Gasteiger charge is 2.27. The third-order valence-electron chi connectivity index (χ3n) is 5.57. The fraction of sp³-hybridized carbons (Fsp3) is 0.304. The van der Waals surface area contributed by atoms with Crippen molar-refractivity contribution in [3.8, 4) is 0 Å². The lowest BCUT2D eigenvalue weighted by molar-refractivity contribution is -0.134. The van der Waals surface area contributed by atoms with Crippen LogP contribution >= 0.6 is 12.4 Å². The highest BCUT2D eigenvalue weighted by Crippen LogP contribution is 2.20. The van der Waals surface area contributed by atoms with Crippen LogP contribution in [-0.4, -0.2) is 41.9 Å². The van der Waals surface area contributed by atoms with E-state index in [2.05, 4.69) is 24.5 Å². The van der Waals surface area contributed by atoms with E-state index in [9.17, 15) is 9.59 Å². The van der Waals surface area contributed by atoms with Gasteiger partial charge in [-0.15, -0.1) is 12.4 Å². The van der Waals surface area contributed by atoms with Crippen molar-refractivity contribution < 1.29 is 14.0 Å². The van der Waals surface area contributed by atoms with Gasteiger partial charge < -0.3 is 20.0 Å². The molecule has 7 heteroatoms. The number of piperazine rings is 1. The van der Waals surface area contributed by atoms with Crippen LogP contribution in [0.5, 0.6) is 0 Å². The van der Waals surface area contributed by atoms with Crippen molar-refractivity contribution in [2.45, 2.75) is 32.4 Å². The van der Waals surface area contributed by atoms with Crippen molar-refractivity contribution in [3.63, 3.8) is 0 Å². The van der Waals surface area contributed by atoms with Crippen LogP contribution in [0.2, 0.25) is 0 Å². The molecule has 1 fully saturated rings. The maximum Gasteiger partial charge on any atom is 0.291 e. The molecule has 1 aliphatic rings. The van der Waals surface area contributed by atoms with E-state index in [0.29, 0.717) is 23.7 Å². The topological polar surface area (TPSA) is 74.6 Å². The molecular weight excluding hydrogens is 402 g/mol. The average Bonchev–Trinajstić information content (AvgIpc) is 3.16. The van der Waals surface area contributed by atoms with E-state index in [1.807, 2.05) is 53.4 Å². The average molecular weight is 428 g/mol. The largest absolute Gasteiger partial charge is 0.451 e. The number of hydrogen-bond donors (Lipinski definition) is 2. The van der Waals surface area contributed by atoms with E-state index in [4.69, 9.17) is 4.42 Å². The molecule has 0 spiro atoms. The molecule has 2 heterocycles. The fourth-order valence-corrected chi connectivity index (χ4v) is 3.68. The minimum atomic E-state index is -0.298. The molecule has 4 rings (SSSR count). The second kappa shape index (κ2) is 9.32. The lowest BCUT2D eigenvalue weighted by Gasteiger charge is -2.38. The van der Waals surface area contributed by atoms with Crippen LogP contribution in [0.4, 0.5) is 5.69 Å². The number of furan rings is 1. The molecule has 158 valence electrons. The summed E-state index contributed by atoms with van der Waals surface area (Å²) in [6.45, 7) is 5.73. The lowest BCUT2D eigenvalue weighted by atomic mass is 10.0. The zero-order valence-corrected chi connectivity index (χ0v) is 17.9. The first kappa shape index (κ1) is 21.9. The molecule has 0 saturated carbocycles. The summed E-state index contributed by atoms with van der Waals surface area (Å²) in [7, 11) is 0. The number of halogens is 1. The first-order valence-electron chi connectivity index (χ1n) is 9.93. The molecule has 6 nitrogen and oxygen atoms in total. The Morgan fingerprint density at radius 2 is 1.87 bits per heavy atom. The minimum absolute atomic E-state index is 0. The molecule has 0 aliphatic carbocycles. The Labute approximate surface area is 182 Å². The first-order valence-corrected chi connectivity index (χ1v) is 9.93. The number of amides is 2. The van der Waals surface area contributed by atoms with Gasteiger partial charge in [-0.3, -0.25) is 9.59 Å². The second-order valence-electron chi connectivity index (χ2n) is 7.55. The molecule has 30 heavy (non-hydrogen) atoms. The van der Waals surface area contributed by atoms with Gasteiger partial charge in [0.05, 0.1) is 6.42 Å². The SMILES string of the molecule is CC1NCCN(C(=O)Cc2ccc(NC(=O)c3cc4ccccc4o3)cc2)C1C.Cl. The fourth-order valence-electron chi connectivity index (χ4n) is 3.68. The first-order chi connectivity index (χ1) is 14.0. The van der Waals surface area contributed by atoms with Crippen molar-refractivity contribution >= 4 is 40.9 Å². The van der Waals surface area contributed by atoms with E-state index >= 15 is 0 Å². The van der Waals surface area contributed by atoms with Crippen molar-refractivity contribution in [3.05, 3.63) is 65.9 Å². The van der Waals surface area contributed by atoms with Crippen LogP contribution in [0.25, 0.3) is 11.0 Å². The van der Waals surface area contributed by atoms with Crippen LogP contribution in [0.1, 0.15) is 30.0 Å². The van der Waals surface area contributed by atoms with Gasteiger partial charge in [-0.25, -0.2) is 0 Å². The number of nitrogens with zero attached hydrogens (tertiary/aromatic N) is 1. The normalized spacial score (nSPS) is 18.7. The quantitative estimate of drug-likeness (QED) is 0.663. The highest BCUT2D eigenvalue weighted by atomic mass is 35.5. The number of hydrogen-bond acceptors (Lipinski definition) is 4. The Bertz CT molecular complexity index is 999. The van der Waals surface area contributed by atoms with Gasteiger partial charge in [-0.1, -0.05) is 30.3 Å². The third kappa shape index (κ3) is 4.66. The summed E-state index contributed by atoms with van der Waals surface area (Å²) >= 11 is 0. The smallest absolute Gasteiger partial charge is 0.291 e. The van der Waals surface area contributed by atoms with Gasteiger partial charge in [0, 0.05) is 36.2 Å². The Balaban J connectivity index is 0.00000256. The number of carbonyl (C=O) groups excluding carboxylic acids is 2. The monoisotopic (exact) mass is 427 g/mol. The molecule has 2 N–H and O–H groups in total. The van der Waals surface area contributed by atoms with Crippen molar-refractivity contribution in [2.75, 3.05) is 18.4 Å². The number of anilines is 1. The van der Waals surface area contributed by atoms with E-state index in [1.165, 1.54) is 0 Å². The molecular formula is C23H26ClN3O3. The second-order valence-corrected chi connectivity index (χ2v) is 7.55. The van der Waals surface area contributed by atoms with Crippen LogP contribution in [0, 0.1) is 0 Å². The van der Waals surface area contributed by atoms with Gasteiger partial charge in [0.25, 0.3) is 5.91 Å². The van der Waals surface area contributed by atoms with Gasteiger partial charge >= 0.3 is 0 Å². The van der Waals surface area contributed by atoms with Gasteiger partial charge in [0.1, 0.15) is 5.58 Å². The molecule has 2 unspecified atom stereocenters. The van der Waals surface area contributed by atoms with E-state index < -0.39 is 0 Å². The number of rotatable bonds is 4. The van der Waals surface area contributed by atoms with Crippen molar-refractivity contribution in [1.29, 1.82) is 0 Å². The molecule has 2 atom stereocenters.